The van der Waals surface area contributed by atoms with Crippen LogP contribution >= 0.6 is 0 Å². The van der Waals surface area contributed by atoms with Crippen molar-refractivity contribution in [3.63, 3.8) is 0 Å². The first-order valence-corrected chi connectivity index (χ1v) is 6.25. The van der Waals surface area contributed by atoms with E-state index in [9.17, 15) is 5.11 Å². The Morgan fingerprint density at radius 1 is 1.19 bits per heavy atom. The summed E-state index contributed by atoms with van der Waals surface area (Å²) in [5, 5.41) is 13.6. The maximum Gasteiger partial charge on any atom is 0.258 e. The van der Waals surface area contributed by atoms with Crippen LogP contribution in [0.3, 0.4) is 0 Å². The van der Waals surface area contributed by atoms with E-state index in [1.807, 2.05) is 24.3 Å². The minimum absolute atomic E-state index is 0.0236. The van der Waals surface area contributed by atoms with Gasteiger partial charge < -0.3 is 20.1 Å². The smallest absolute Gasteiger partial charge is 0.258 e. The van der Waals surface area contributed by atoms with Crippen molar-refractivity contribution in [2.24, 2.45) is 0 Å². The third-order valence-electron chi connectivity index (χ3n) is 3.05. The number of rotatable bonds is 3. The topological polar surface area (TPSA) is 94.4 Å². The Balaban J connectivity index is 2.01. The number of phenols is 1. The average Bonchev–Trinajstić information content (AvgIpc) is 2.99. The maximum atomic E-state index is 9.63. The molecule has 0 aliphatic heterocycles. The van der Waals surface area contributed by atoms with Gasteiger partial charge in [-0.1, -0.05) is 17.3 Å². The fourth-order valence-corrected chi connectivity index (χ4v) is 1.96. The van der Waals surface area contributed by atoms with Gasteiger partial charge in [0.1, 0.15) is 11.5 Å². The van der Waals surface area contributed by atoms with Crippen molar-refractivity contribution in [3.05, 3.63) is 42.5 Å². The molecule has 1 aromatic heterocycles. The Bertz CT molecular complexity index is 783. The number of phenolic OH excluding ortho intramolecular Hbond substituents is 1. The molecule has 3 aromatic rings. The zero-order valence-electron chi connectivity index (χ0n) is 11.3. The Labute approximate surface area is 120 Å². The van der Waals surface area contributed by atoms with Crippen molar-refractivity contribution >= 4 is 5.69 Å². The molecular formula is C15H13N3O3. The van der Waals surface area contributed by atoms with Gasteiger partial charge in [0.15, 0.2) is 0 Å². The highest BCUT2D eigenvalue weighted by molar-refractivity contribution is 5.68. The number of hydrogen-bond donors (Lipinski definition) is 2. The molecule has 0 atom stereocenters. The number of nitrogens with two attached hydrogens (primary N) is 1. The van der Waals surface area contributed by atoms with E-state index in [0.717, 1.165) is 5.56 Å². The van der Waals surface area contributed by atoms with E-state index in [0.29, 0.717) is 28.7 Å². The number of methoxy groups -OCH3 is 1. The van der Waals surface area contributed by atoms with E-state index in [1.54, 1.807) is 19.2 Å². The largest absolute Gasteiger partial charge is 0.506 e. The summed E-state index contributed by atoms with van der Waals surface area (Å²) in [6.07, 6.45) is 0. The van der Waals surface area contributed by atoms with E-state index in [1.165, 1.54) is 6.07 Å². The molecule has 0 bridgehead atoms. The van der Waals surface area contributed by atoms with Crippen LogP contribution in [-0.2, 0) is 0 Å². The number of hydrogen-bond acceptors (Lipinski definition) is 6. The molecule has 0 aliphatic carbocycles. The highest BCUT2D eigenvalue weighted by atomic mass is 16.5. The molecule has 0 unspecified atom stereocenters. The molecular weight excluding hydrogens is 270 g/mol. The van der Waals surface area contributed by atoms with Gasteiger partial charge in [0, 0.05) is 5.56 Å². The minimum Gasteiger partial charge on any atom is -0.506 e. The van der Waals surface area contributed by atoms with Crippen LogP contribution in [0.2, 0.25) is 0 Å². The summed E-state index contributed by atoms with van der Waals surface area (Å²) in [5.74, 6) is 1.35. The summed E-state index contributed by atoms with van der Waals surface area (Å²) >= 11 is 0. The van der Waals surface area contributed by atoms with Crippen molar-refractivity contribution in [2.45, 2.75) is 0 Å². The Kier molecular flexibility index (Phi) is 3.19. The highest BCUT2D eigenvalue weighted by Gasteiger charge is 2.14. The molecule has 6 nitrogen and oxygen atoms in total. The number of para-hydroxylation sites is 1. The second kappa shape index (κ2) is 5.16. The molecule has 3 rings (SSSR count). The minimum atomic E-state index is -0.0236. The molecule has 0 aliphatic rings. The molecule has 0 spiro atoms. The van der Waals surface area contributed by atoms with Crippen molar-refractivity contribution in [3.8, 4) is 34.3 Å². The first-order valence-electron chi connectivity index (χ1n) is 6.25. The van der Waals surface area contributed by atoms with Gasteiger partial charge in [0.25, 0.3) is 5.89 Å². The van der Waals surface area contributed by atoms with Crippen LogP contribution in [0.1, 0.15) is 0 Å². The quantitative estimate of drug-likeness (QED) is 0.567. The van der Waals surface area contributed by atoms with Gasteiger partial charge in [-0.15, -0.1) is 0 Å². The zero-order valence-corrected chi connectivity index (χ0v) is 11.3. The summed E-state index contributed by atoms with van der Waals surface area (Å²) in [6, 6.07) is 12.2. The first kappa shape index (κ1) is 13.0. The van der Waals surface area contributed by atoms with Crippen molar-refractivity contribution in [2.75, 3.05) is 12.8 Å². The number of nitrogens with zero attached hydrogens (tertiary/aromatic N) is 2. The highest BCUT2D eigenvalue weighted by Crippen LogP contribution is 2.31. The lowest BCUT2D eigenvalue weighted by atomic mass is 10.2. The van der Waals surface area contributed by atoms with Gasteiger partial charge in [-0.2, -0.15) is 4.98 Å². The fourth-order valence-electron chi connectivity index (χ4n) is 1.96. The molecule has 1 heterocycles. The lowest BCUT2D eigenvalue weighted by molar-refractivity contribution is 0.413. The number of aromatic hydroxyl groups is 1. The third-order valence-corrected chi connectivity index (χ3v) is 3.05. The monoisotopic (exact) mass is 283 g/mol. The SMILES string of the molecule is COc1ccccc1-c1noc(-c2ccc(N)c(O)c2)n1. The average molecular weight is 283 g/mol. The molecule has 6 heteroatoms. The molecule has 0 saturated heterocycles. The van der Waals surface area contributed by atoms with E-state index in [4.69, 9.17) is 15.0 Å². The van der Waals surface area contributed by atoms with Gasteiger partial charge in [0.05, 0.1) is 18.4 Å². The standard InChI is InChI=1S/C15H13N3O3/c1-20-13-5-3-2-4-10(13)14-17-15(21-18-14)9-6-7-11(16)12(19)8-9/h2-8,19H,16H2,1H3. The zero-order chi connectivity index (χ0) is 14.8. The number of aromatic nitrogens is 2. The number of benzene rings is 2. The van der Waals surface area contributed by atoms with Crippen LogP contribution in [-0.4, -0.2) is 22.4 Å². The predicted molar refractivity (Wildman–Crippen MR) is 77.8 cm³/mol. The van der Waals surface area contributed by atoms with Crippen molar-refractivity contribution in [1.29, 1.82) is 0 Å². The molecule has 106 valence electrons. The molecule has 0 amide bonds. The number of nitrogen functional groups attached to an aromatic ring is 1. The summed E-state index contributed by atoms with van der Waals surface area (Å²) in [5.41, 5.74) is 7.19. The van der Waals surface area contributed by atoms with E-state index < -0.39 is 0 Å². The second-order valence-corrected chi connectivity index (χ2v) is 4.40. The molecule has 0 saturated carbocycles. The van der Waals surface area contributed by atoms with Crippen molar-refractivity contribution < 1.29 is 14.4 Å². The molecule has 2 aromatic carbocycles. The lowest BCUT2D eigenvalue weighted by Gasteiger charge is -2.03. The molecule has 21 heavy (non-hydrogen) atoms. The summed E-state index contributed by atoms with van der Waals surface area (Å²) < 4.78 is 10.5. The van der Waals surface area contributed by atoms with Crippen LogP contribution in [0.25, 0.3) is 22.8 Å². The van der Waals surface area contributed by atoms with Crippen LogP contribution < -0.4 is 10.5 Å². The molecule has 0 fully saturated rings. The lowest BCUT2D eigenvalue weighted by Crippen LogP contribution is -1.89. The maximum absolute atomic E-state index is 9.63. The summed E-state index contributed by atoms with van der Waals surface area (Å²) in [4.78, 5) is 4.32. The van der Waals surface area contributed by atoms with E-state index >= 15 is 0 Å². The van der Waals surface area contributed by atoms with Crippen LogP contribution in [0, 0.1) is 0 Å². The van der Waals surface area contributed by atoms with Crippen molar-refractivity contribution in [1.82, 2.24) is 10.1 Å². The number of ether oxygens (including phenoxy) is 1. The van der Waals surface area contributed by atoms with Gasteiger partial charge >= 0.3 is 0 Å². The Morgan fingerprint density at radius 2 is 2.00 bits per heavy atom. The molecule has 0 radical (unpaired) electrons. The third kappa shape index (κ3) is 2.38. The van der Waals surface area contributed by atoms with Gasteiger partial charge in [-0.05, 0) is 30.3 Å². The Morgan fingerprint density at radius 3 is 2.76 bits per heavy atom. The second-order valence-electron chi connectivity index (χ2n) is 4.40. The van der Waals surface area contributed by atoms with Gasteiger partial charge in [-0.25, -0.2) is 0 Å². The van der Waals surface area contributed by atoms with Crippen LogP contribution in [0.4, 0.5) is 5.69 Å². The first-order chi connectivity index (χ1) is 10.2. The predicted octanol–water partition coefficient (Wildman–Crippen LogP) is 2.70. The molecule has 3 N–H and O–H groups in total. The van der Waals surface area contributed by atoms with Gasteiger partial charge in [-0.3, -0.25) is 0 Å². The normalized spacial score (nSPS) is 10.5. The van der Waals surface area contributed by atoms with E-state index in [2.05, 4.69) is 10.1 Å². The van der Waals surface area contributed by atoms with Crippen LogP contribution in [0.5, 0.6) is 11.5 Å². The summed E-state index contributed by atoms with van der Waals surface area (Å²) in [7, 11) is 1.58. The fraction of sp³-hybridized carbons (Fsp3) is 0.0667. The number of anilines is 1. The Hall–Kier alpha value is -3.02. The van der Waals surface area contributed by atoms with Crippen LogP contribution in [0.15, 0.2) is 47.0 Å². The van der Waals surface area contributed by atoms with Gasteiger partial charge in [0.2, 0.25) is 5.82 Å². The van der Waals surface area contributed by atoms with E-state index in [-0.39, 0.29) is 5.75 Å². The summed E-state index contributed by atoms with van der Waals surface area (Å²) in [6.45, 7) is 0.